The van der Waals surface area contributed by atoms with Crippen molar-refractivity contribution >= 4 is 6.08 Å². The predicted octanol–water partition coefficient (Wildman–Crippen LogP) is 3.25. The average molecular weight is 220 g/mol. The van der Waals surface area contributed by atoms with E-state index in [-0.39, 0.29) is 12.0 Å². The molecule has 1 N–H and O–H groups in total. The molecule has 1 rings (SSSR count). The van der Waals surface area contributed by atoms with Gasteiger partial charge < -0.3 is 9.84 Å². The van der Waals surface area contributed by atoms with Crippen LogP contribution in [-0.2, 0) is 6.61 Å². The molecule has 16 heavy (non-hydrogen) atoms. The highest BCUT2D eigenvalue weighted by Gasteiger charge is 2.06. The molecule has 1 aromatic rings. The molecule has 2 heteroatoms. The molecule has 0 saturated heterocycles. The van der Waals surface area contributed by atoms with Crippen molar-refractivity contribution in [2.75, 3.05) is 7.11 Å². The lowest BCUT2D eigenvalue weighted by atomic mass is 9.95. The number of rotatable bonds is 3. The largest absolute Gasteiger partial charge is 0.496 e. The molecule has 0 aromatic heterocycles. The van der Waals surface area contributed by atoms with Crippen LogP contribution in [0.3, 0.4) is 0 Å². The molecule has 0 heterocycles. The Hall–Kier alpha value is -1.28. The summed E-state index contributed by atoms with van der Waals surface area (Å²) in [5.74, 6) is 0.831. The van der Waals surface area contributed by atoms with E-state index in [1.54, 1.807) is 7.11 Å². The van der Waals surface area contributed by atoms with E-state index in [4.69, 9.17) is 9.84 Å². The summed E-state index contributed by atoms with van der Waals surface area (Å²) in [5.41, 5.74) is 2.04. The Balaban J connectivity index is 3.05. The van der Waals surface area contributed by atoms with E-state index in [1.807, 2.05) is 24.3 Å². The zero-order valence-corrected chi connectivity index (χ0v) is 10.4. The van der Waals surface area contributed by atoms with Crippen LogP contribution >= 0.6 is 0 Å². The third kappa shape index (κ3) is 3.70. The van der Waals surface area contributed by atoms with Crippen LogP contribution in [0.15, 0.2) is 24.3 Å². The number of hydrogen-bond acceptors (Lipinski definition) is 2. The van der Waals surface area contributed by atoms with Crippen molar-refractivity contribution < 1.29 is 9.84 Å². The minimum absolute atomic E-state index is 0.0559. The van der Waals surface area contributed by atoms with Crippen molar-refractivity contribution in [2.45, 2.75) is 27.4 Å². The van der Waals surface area contributed by atoms with Gasteiger partial charge in [0.2, 0.25) is 0 Å². The van der Waals surface area contributed by atoms with E-state index in [1.165, 1.54) is 0 Å². The van der Waals surface area contributed by atoms with E-state index in [9.17, 15) is 0 Å². The van der Waals surface area contributed by atoms with E-state index < -0.39 is 0 Å². The Labute approximate surface area is 97.6 Å². The smallest absolute Gasteiger partial charge is 0.126 e. The second kappa shape index (κ2) is 5.17. The van der Waals surface area contributed by atoms with E-state index in [2.05, 4.69) is 26.8 Å². The average Bonchev–Trinajstić information content (AvgIpc) is 2.25. The van der Waals surface area contributed by atoms with Gasteiger partial charge in [0, 0.05) is 5.56 Å². The van der Waals surface area contributed by atoms with Gasteiger partial charge in [-0.25, -0.2) is 0 Å². The van der Waals surface area contributed by atoms with Crippen molar-refractivity contribution in [1.29, 1.82) is 0 Å². The fourth-order valence-electron chi connectivity index (χ4n) is 1.35. The molecule has 2 nitrogen and oxygen atoms in total. The van der Waals surface area contributed by atoms with Crippen LogP contribution in [-0.4, -0.2) is 12.2 Å². The Morgan fingerprint density at radius 1 is 1.31 bits per heavy atom. The first-order chi connectivity index (χ1) is 7.46. The third-order valence-corrected chi connectivity index (χ3v) is 2.24. The van der Waals surface area contributed by atoms with Gasteiger partial charge in [-0.15, -0.1) is 0 Å². The maximum Gasteiger partial charge on any atom is 0.126 e. The molecule has 88 valence electrons. The van der Waals surface area contributed by atoms with Gasteiger partial charge >= 0.3 is 0 Å². The molecule has 1 aromatic carbocycles. The van der Waals surface area contributed by atoms with Crippen LogP contribution in [0.25, 0.3) is 6.08 Å². The summed E-state index contributed by atoms with van der Waals surface area (Å²) in [5, 5.41) is 9.09. The Morgan fingerprint density at radius 3 is 2.50 bits per heavy atom. The fourth-order valence-corrected chi connectivity index (χ4v) is 1.35. The lowest BCUT2D eigenvalue weighted by molar-refractivity contribution is 0.281. The molecule has 0 atom stereocenters. The number of ether oxygens (including phenoxy) is 1. The van der Waals surface area contributed by atoms with Gasteiger partial charge in [-0.2, -0.15) is 0 Å². The minimum atomic E-state index is 0.0559. The Bertz CT molecular complexity index is 373. The first-order valence-electron chi connectivity index (χ1n) is 5.43. The lowest BCUT2D eigenvalue weighted by Gasteiger charge is -2.12. The third-order valence-electron chi connectivity index (χ3n) is 2.24. The number of hydrogen-bond donors (Lipinski definition) is 1. The van der Waals surface area contributed by atoms with Gasteiger partial charge in [-0.05, 0) is 23.1 Å². The number of allylic oxidation sites excluding steroid dienone is 1. The summed E-state index contributed by atoms with van der Waals surface area (Å²) < 4.78 is 5.28. The highest BCUT2D eigenvalue weighted by Crippen LogP contribution is 2.24. The second-order valence-corrected chi connectivity index (χ2v) is 4.93. The molecule has 0 fully saturated rings. The van der Waals surface area contributed by atoms with Crippen LogP contribution in [0, 0.1) is 5.41 Å². The first-order valence-corrected chi connectivity index (χ1v) is 5.43. The molecule has 0 saturated carbocycles. The number of methoxy groups -OCH3 is 1. The molecule has 0 radical (unpaired) electrons. The van der Waals surface area contributed by atoms with E-state index in [0.29, 0.717) is 0 Å². The summed E-state index contributed by atoms with van der Waals surface area (Å²) in [7, 11) is 1.66. The standard InChI is InChI=1S/C14H20O2/c1-14(2,3)8-7-12-9-11(10-15)5-6-13(12)16-4/h5-9,15H,10H2,1-4H3/b8-7+. The van der Waals surface area contributed by atoms with Crippen LogP contribution in [0.2, 0.25) is 0 Å². The van der Waals surface area contributed by atoms with E-state index >= 15 is 0 Å². The number of aliphatic hydroxyl groups excluding tert-OH is 1. The molecule has 0 aliphatic heterocycles. The molecule has 0 bridgehead atoms. The summed E-state index contributed by atoms with van der Waals surface area (Å²) in [6.07, 6.45) is 4.17. The quantitative estimate of drug-likeness (QED) is 0.847. The zero-order valence-electron chi connectivity index (χ0n) is 10.4. The molecule has 0 unspecified atom stereocenters. The Morgan fingerprint density at radius 2 is 2.00 bits per heavy atom. The van der Waals surface area contributed by atoms with Gasteiger partial charge in [-0.3, -0.25) is 0 Å². The van der Waals surface area contributed by atoms with Crippen LogP contribution < -0.4 is 4.74 Å². The maximum atomic E-state index is 9.09. The van der Waals surface area contributed by atoms with Crippen molar-refractivity contribution in [3.05, 3.63) is 35.4 Å². The molecular weight excluding hydrogens is 200 g/mol. The van der Waals surface area contributed by atoms with Crippen molar-refractivity contribution in [2.24, 2.45) is 5.41 Å². The number of aliphatic hydroxyl groups is 1. The highest BCUT2D eigenvalue weighted by atomic mass is 16.5. The van der Waals surface area contributed by atoms with Gasteiger partial charge in [0.15, 0.2) is 0 Å². The van der Waals surface area contributed by atoms with Gasteiger partial charge in [0.05, 0.1) is 13.7 Å². The summed E-state index contributed by atoms with van der Waals surface area (Å²) in [4.78, 5) is 0. The van der Waals surface area contributed by atoms with E-state index in [0.717, 1.165) is 16.9 Å². The molecule has 0 spiro atoms. The van der Waals surface area contributed by atoms with Gasteiger partial charge in [0.25, 0.3) is 0 Å². The van der Waals surface area contributed by atoms with Gasteiger partial charge in [0.1, 0.15) is 5.75 Å². The molecule has 0 aliphatic rings. The lowest BCUT2D eigenvalue weighted by Crippen LogP contribution is -1.98. The fraction of sp³-hybridized carbons (Fsp3) is 0.429. The summed E-state index contributed by atoms with van der Waals surface area (Å²) in [6.45, 7) is 6.49. The molecule has 0 aliphatic carbocycles. The zero-order chi connectivity index (χ0) is 12.2. The van der Waals surface area contributed by atoms with Crippen LogP contribution in [0.5, 0.6) is 5.75 Å². The van der Waals surface area contributed by atoms with Gasteiger partial charge in [-0.1, -0.05) is 39.0 Å². The molecular formula is C14H20O2. The summed E-state index contributed by atoms with van der Waals surface area (Å²) in [6, 6.07) is 5.70. The Kier molecular flexibility index (Phi) is 4.13. The van der Waals surface area contributed by atoms with Crippen LogP contribution in [0.1, 0.15) is 31.9 Å². The maximum absolute atomic E-state index is 9.09. The molecule has 0 amide bonds. The first kappa shape index (κ1) is 12.8. The summed E-state index contributed by atoms with van der Waals surface area (Å²) >= 11 is 0. The monoisotopic (exact) mass is 220 g/mol. The predicted molar refractivity (Wildman–Crippen MR) is 67.4 cm³/mol. The van der Waals surface area contributed by atoms with Crippen molar-refractivity contribution in [3.63, 3.8) is 0 Å². The SMILES string of the molecule is COc1ccc(CO)cc1/C=C/C(C)(C)C. The van der Waals surface area contributed by atoms with Crippen LogP contribution in [0.4, 0.5) is 0 Å². The van der Waals surface area contributed by atoms with Crippen molar-refractivity contribution in [1.82, 2.24) is 0 Å². The second-order valence-electron chi connectivity index (χ2n) is 4.93. The normalized spacial score (nSPS) is 12.1. The highest BCUT2D eigenvalue weighted by molar-refractivity contribution is 5.58. The topological polar surface area (TPSA) is 29.5 Å². The van der Waals surface area contributed by atoms with Crippen molar-refractivity contribution in [3.8, 4) is 5.75 Å². The number of benzene rings is 1. The minimum Gasteiger partial charge on any atom is -0.496 e.